The zero-order chi connectivity index (χ0) is 58.1. The van der Waals surface area contributed by atoms with Crippen LogP contribution in [-0.2, 0) is 34.9 Å². The first kappa shape index (κ1) is 59.2. The lowest BCUT2D eigenvalue weighted by molar-refractivity contribution is -0.167. The number of esters is 1. The first-order valence-corrected chi connectivity index (χ1v) is 29.1. The van der Waals surface area contributed by atoms with Crippen LogP contribution < -0.4 is 20.1 Å². The molecule has 3 heterocycles. The molecule has 1 saturated heterocycles. The van der Waals surface area contributed by atoms with E-state index in [0.717, 1.165) is 59.1 Å². The Morgan fingerprint density at radius 3 is 1.66 bits per heavy atom. The quantitative estimate of drug-likeness (QED) is 0.0152. The number of anilines is 1. The molecule has 1 aliphatic heterocycles. The van der Waals surface area contributed by atoms with Crippen molar-refractivity contribution < 1.29 is 37.7 Å². The Kier molecular flexibility index (Phi) is 20.0. The topological polar surface area (TPSA) is 148 Å². The summed E-state index contributed by atoms with van der Waals surface area (Å²) in [6, 6.07) is 53.5. The number of hydrogen-bond acceptors (Lipinski definition) is 11. The van der Waals surface area contributed by atoms with Crippen molar-refractivity contribution >= 4 is 28.9 Å². The number of ether oxygens (including phenoxy) is 5. The van der Waals surface area contributed by atoms with Crippen molar-refractivity contribution in [1.82, 2.24) is 24.8 Å². The van der Waals surface area contributed by atoms with Crippen molar-refractivity contribution in [2.45, 2.75) is 132 Å². The molecule has 14 heteroatoms. The Morgan fingerprint density at radius 2 is 1.16 bits per heavy atom. The fourth-order valence-electron chi connectivity index (χ4n) is 11.4. The van der Waals surface area contributed by atoms with Crippen LogP contribution >= 0.6 is 0 Å². The van der Waals surface area contributed by atoms with E-state index in [0.29, 0.717) is 11.5 Å². The first-order valence-electron chi connectivity index (χ1n) is 29.1. The zero-order valence-electron chi connectivity index (χ0n) is 48.0. The van der Waals surface area contributed by atoms with E-state index in [1.165, 1.54) is 51.3 Å². The second kappa shape index (κ2) is 28.1. The van der Waals surface area contributed by atoms with Crippen molar-refractivity contribution in [3.63, 3.8) is 0 Å². The number of halogens is 1. The highest BCUT2D eigenvalue weighted by atomic mass is 19.1. The lowest BCUT2D eigenvalue weighted by Crippen LogP contribution is -2.50. The minimum absolute atomic E-state index is 0.0359. The molecule has 0 saturated carbocycles. The van der Waals surface area contributed by atoms with Gasteiger partial charge in [-0.15, -0.1) is 6.42 Å². The number of benzene rings is 6. The minimum atomic E-state index is -1.80. The second-order valence-electron chi connectivity index (χ2n) is 21.3. The molecule has 1 fully saturated rings. The maximum Gasteiger partial charge on any atom is 0.328 e. The zero-order valence-corrected chi connectivity index (χ0v) is 48.0. The normalized spacial score (nSPS) is 16.4. The second-order valence-corrected chi connectivity index (χ2v) is 21.3. The van der Waals surface area contributed by atoms with Gasteiger partial charge >= 0.3 is 12.0 Å². The van der Waals surface area contributed by atoms with E-state index >= 15 is 4.39 Å². The molecule has 2 N–H and O–H groups in total. The summed E-state index contributed by atoms with van der Waals surface area (Å²) < 4.78 is 50.2. The maximum atomic E-state index is 16.5. The summed E-state index contributed by atoms with van der Waals surface area (Å²) >= 11 is 0. The van der Waals surface area contributed by atoms with E-state index in [-0.39, 0.29) is 35.7 Å². The van der Waals surface area contributed by atoms with Crippen LogP contribution in [0.25, 0.3) is 11.2 Å². The van der Waals surface area contributed by atoms with Crippen LogP contribution in [0, 0.1) is 18.4 Å². The number of rotatable bonds is 29. The van der Waals surface area contributed by atoms with E-state index in [1.54, 1.807) is 25.7 Å². The number of amides is 1. The fraction of sp³-hybridized carbons (Fsp3) is 0.348. The number of methoxy groups -OCH3 is 2. The van der Waals surface area contributed by atoms with Crippen LogP contribution in [-0.4, -0.2) is 70.0 Å². The summed E-state index contributed by atoms with van der Waals surface area (Å²) in [5.41, 5.74) is 0.797. The van der Waals surface area contributed by atoms with Gasteiger partial charge in [0.1, 0.15) is 47.6 Å². The first-order chi connectivity index (χ1) is 40.6. The van der Waals surface area contributed by atoms with E-state index in [2.05, 4.69) is 33.4 Å². The van der Waals surface area contributed by atoms with Gasteiger partial charge in [-0.2, -0.15) is 14.4 Å². The molecule has 83 heavy (non-hydrogen) atoms. The van der Waals surface area contributed by atoms with Crippen molar-refractivity contribution in [2.75, 3.05) is 26.1 Å². The van der Waals surface area contributed by atoms with Crippen molar-refractivity contribution in [3.8, 4) is 23.8 Å². The molecule has 0 aliphatic carbocycles. The predicted octanol–water partition coefficient (Wildman–Crippen LogP) is 13.8. The van der Waals surface area contributed by atoms with Gasteiger partial charge in [0, 0.05) is 12.8 Å². The van der Waals surface area contributed by atoms with Gasteiger partial charge < -0.3 is 34.3 Å². The van der Waals surface area contributed by atoms with Gasteiger partial charge in [-0.05, 0) is 71.0 Å². The molecule has 4 atom stereocenters. The Morgan fingerprint density at radius 1 is 0.687 bits per heavy atom. The fourth-order valence-corrected chi connectivity index (χ4v) is 11.4. The number of hydrogen-bond donors (Lipinski definition) is 2. The Labute approximate surface area is 487 Å². The van der Waals surface area contributed by atoms with Crippen LogP contribution in [0.3, 0.4) is 0 Å². The number of unbranched alkanes of at least 4 members (excludes halogenated alkanes) is 10. The number of terminal acetylenes is 1. The van der Waals surface area contributed by atoms with Crippen LogP contribution in [0.4, 0.5) is 10.2 Å². The highest BCUT2D eigenvalue weighted by molar-refractivity contribution is 5.85. The standard InChI is InChI=1S/C69H75FN6O7/c1-6-8-9-10-11-12-13-14-15-16-29-38-60(77)72-50(3)65(78)81-48-67(7-2)59(82-69(54-34-25-19-26-35-54,55-36-27-20-28-37-55)56-41-45-58(80-5)46-42-56)47-61(83-67)76-49-71-62-63(73-66(70)74-64(62)76)75-68(51-30-21-17-22-31-51,52-32-23-18-24-33-52)53-39-43-57(79-4)44-40-53/h2,17-28,30-37,39-46,49-50,59,61H,6,8-16,29,38,47-48H2,1,3-5H3,(H,72,77)(H,73,74,75)/t50-,59-,61+,67+/m0/s1. The third-order valence-corrected chi connectivity index (χ3v) is 15.8. The van der Waals surface area contributed by atoms with Gasteiger partial charge in [-0.3, -0.25) is 9.36 Å². The number of nitrogens with one attached hydrogen (secondary N) is 2. The molecule has 0 unspecified atom stereocenters. The van der Waals surface area contributed by atoms with Crippen molar-refractivity contribution in [3.05, 3.63) is 216 Å². The molecular weight excluding hydrogens is 1040 g/mol. The van der Waals surface area contributed by atoms with Crippen molar-refractivity contribution in [1.29, 1.82) is 0 Å². The molecule has 1 amide bonds. The lowest BCUT2D eigenvalue weighted by atomic mass is 9.77. The molecule has 0 spiro atoms. The van der Waals surface area contributed by atoms with E-state index in [9.17, 15) is 9.59 Å². The smallest absolute Gasteiger partial charge is 0.328 e. The molecular formula is C69H75FN6O7. The Hall–Kier alpha value is -8.38. The highest BCUT2D eigenvalue weighted by Gasteiger charge is 2.55. The average molecular weight is 1120 g/mol. The molecule has 9 rings (SSSR count). The summed E-state index contributed by atoms with van der Waals surface area (Å²) in [7, 11) is 3.22. The lowest BCUT2D eigenvalue weighted by Gasteiger charge is -2.41. The largest absolute Gasteiger partial charge is 0.497 e. The molecule has 430 valence electrons. The number of carbonyl (C=O) groups is 2. The molecule has 13 nitrogen and oxygen atoms in total. The monoisotopic (exact) mass is 1120 g/mol. The van der Waals surface area contributed by atoms with Gasteiger partial charge in [0.25, 0.3) is 0 Å². The summed E-state index contributed by atoms with van der Waals surface area (Å²) in [4.78, 5) is 41.0. The molecule has 8 aromatic rings. The number of imidazole rings is 1. The van der Waals surface area contributed by atoms with Gasteiger partial charge in [0.05, 0.1) is 20.5 Å². The molecule has 2 aromatic heterocycles. The summed E-state index contributed by atoms with van der Waals surface area (Å²) in [5, 5.41) is 6.52. The van der Waals surface area contributed by atoms with Gasteiger partial charge in [0.15, 0.2) is 22.6 Å². The summed E-state index contributed by atoms with van der Waals surface area (Å²) in [5.74, 6) is 3.34. The SMILES string of the molecule is C#C[C@]1(COC(=O)[C@H](C)NC(=O)CCCCCCCCCCCCC)O[C@@H](n2cnc3c(NC(c4ccccc4)(c4ccccc4)c4ccc(OC)cc4)nc(F)nc32)C[C@@H]1OC(c1ccccc1)(c1ccccc1)c1ccc(OC)cc1. The third-order valence-electron chi connectivity index (χ3n) is 15.8. The van der Waals surface area contributed by atoms with Gasteiger partial charge in [-0.1, -0.05) is 223 Å². The highest BCUT2D eigenvalue weighted by Crippen LogP contribution is 2.49. The molecule has 1 aliphatic rings. The molecule has 0 radical (unpaired) electrons. The van der Waals surface area contributed by atoms with Gasteiger partial charge in [-0.25, -0.2) is 9.78 Å². The number of aromatic nitrogens is 4. The number of fused-ring (bicyclic) bond motifs is 1. The van der Waals surface area contributed by atoms with Crippen molar-refractivity contribution in [2.24, 2.45) is 0 Å². The number of carbonyl (C=O) groups excluding carboxylic acids is 2. The van der Waals surface area contributed by atoms with Crippen LogP contribution in [0.1, 0.15) is 137 Å². The van der Waals surface area contributed by atoms with Gasteiger partial charge in [0.2, 0.25) is 5.91 Å². The van der Waals surface area contributed by atoms with E-state index < -0.39 is 53.8 Å². The number of nitrogens with zero attached hydrogens (tertiary/aromatic N) is 4. The Balaban J connectivity index is 1.06. The van der Waals surface area contributed by atoms with Crippen LogP contribution in [0.15, 0.2) is 176 Å². The Bertz CT molecular complexity index is 3300. The summed E-state index contributed by atoms with van der Waals surface area (Å²) in [6.45, 7) is 3.34. The third kappa shape index (κ3) is 13.4. The van der Waals surface area contributed by atoms with Crippen LogP contribution in [0.5, 0.6) is 11.5 Å². The van der Waals surface area contributed by atoms with E-state index in [1.807, 2.05) is 170 Å². The van der Waals surface area contributed by atoms with Crippen LogP contribution in [0.2, 0.25) is 0 Å². The van der Waals surface area contributed by atoms with E-state index in [4.69, 9.17) is 35.1 Å². The maximum absolute atomic E-state index is 16.5. The molecule has 0 bridgehead atoms. The average Bonchev–Trinajstić information content (AvgIpc) is 3.18. The molecule has 6 aromatic carbocycles. The minimum Gasteiger partial charge on any atom is -0.497 e. The predicted molar refractivity (Wildman–Crippen MR) is 321 cm³/mol. The summed E-state index contributed by atoms with van der Waals surface area (Å²) in [6.07, 6.45) is 18.2.